The van der Waals surface area contributed by atoms with Crippen molar-refractivity contribution in [1.82, 2.24) is 15.6 Å². The highest BCUT2D eigenvalue weighted by Crippen LogP contribution is 2.21. The van der Waals surface area contributed by atoms with E-state index < -0.39 is 0 Å². The molecule has 0 aliphatic heterocycles. The topological polar surface area (TPSA) is 46.2 Å². The highest BCUT2D eigenvalue weighted by molar-refractivity contribution is 7.80. The fourth-order valence-electron chi connectivity index (χ4n) is 2.01. The predicted octanol–water partition coefficient (Wildman–Crippen LogP) is 2.28. The van der Waals surface area contributed by atoms with Gasteiger partial charge >= 0.3 is 0 Å². The lowest BCUT2D eigenvalue weighted by molar-refractivity contribution is 0.204. The van der Waals surface area contributed by atoms with Crippen LogP contribution in [0.5, 0.6) is 0 Å². The summed E-state index contributed by atoms with van der Waals surface area (Å²) in [6.45, 7) is 1.30. The number of aromatic nitrogens is 1. The van der Waals surface area contributed by atoms with Gasteiger partial charge in [0.05, 0.1) is 12.6 Å². The van der Waals surface area contributed by atoms with Crippen LogP contribution in [0.3, 0.4) is 0 Å². The van der Waals surface area contributed by atoms with Crippen LogP contribution in [0.2, 0.25) is 0 Å². The molecule has 2 N–H and O–H groups in total. The first-order valence-corrected chi connectivity index (χ1v) is 7.20. The summed E-state index contributed by atoms with van der Waals surface area (Å²) in [5, 5.41) is 7.09. The molecule has 0 fully saturated rings. The van der Waals surface area contributed by atoms with E-state index in [1.807, 2.05) is 30.3 Å². The fraction of sp³-hybridized carbons (Fsp3) is 0.250. The van der Waals surface area contributed by atoms with Crippen molar-refractivity contribution in [3.63, 3.8) is 0 Å². The van der Waals surface area contributed by atoms with Crippen molar-refractivity contribution in [2.45, 2.75) is 6.04 Å². The molecule has 0 saturated carbocycles. The average Bonchev–Trinajstić information content (AvgIpc) is 2.54. The summed E-state index contributed by atoms with van der Waals surface area (Å²) in [7, 11) is 1.67. The average molecular weight is 301 g/mol. The highest BCUT2D eigenvalue weighted by Gasteiger charge is 2.14. The Morgan fingerprint density at radius 1 is 1.14 bits per heavy atom. The monoisotopic (exact) mass is 301 g/mol. The van der Waals surface area contributed by atoms with Crippen LogP contribution in [0.4, 0.5) is 0 Å². The van der Waals surface area contributed by atoms with Crippen LogP contribution < -0.4 is 10.6 Å². The predicted molar refractivity (Wildman–Crippen MR) is 88.1 cm³/mol. The van der Waals surface area contributed by atoms with E-state index in [1.54, 1.807) is 19.5 Å². The zero-order valence-electron chi connectivity index (χ0n) is 12.0. The lowest BCUT2D eigenvalue weighted by atomic mass is 10.00. The molecule has 1 heterocycles. The van der Waals surface area contributed by atoms with Crippen molar-refractivity contribution in [2.24, 2.45) is 0 Å². The summed E-state index contributed by atoms with van der Waals surface area (Å²) in [5.74, 6) is 0. The molecular formula is C16H19N3OS. The molecule has 2 rings (SSSR count). The summed E-state index contributed by atoms with van der Waals surface area (Å²) in [6, 6.07) is 14.2. The summed E-state index contributed by atoms with van der Waals surface area (Å²) in [6.07, 6.45) is 3.57. The maximum absolute atomic E-state index is 5.35. The Morgan fingerprint density at radius 2 is 1.81 bits per heavy atom. The van der Waals surface area contributed by atoms with Gasteiger partial charge in [0.15, 0.2) is 5.11 Å². The zero-order valence-corrected chi connectivity index (χ0v) is 12.8. The third kappa shape index (κ3) is 4.81. The van der Waals surface area contributed by atoms with Crippen molar-refractivity contribution < 1.29 is 4.74 Å². The molecule has 5 heteroatoms. The van der Waals surface area contributed by atoms with Crippen LogP contribution in [0, 0.1) is 0 Å². The summed E-state index contributed by atoms with van der Waals surface area (Å²) < 4.78 is 5.01. The molecule has 2 aromatic rings. The van der Waals surface area contributed by atoms with Crippen molar-refractivity contribution in [3.05, 3.63) is 66.0 Å². The second-order valence-corrected chi connectivity index (χ2v) is 4.93. The highest BCUT2D eigenvalue weighted by atomic mass is 32.1. The van der Waals surface area contributed by atoms with Crippen LogP contribution >= 0.6 is 12.2 Å². The number of nitrogens with one attached hydrogen (secondary N) is 2. The second kappa shape index (κ2) is 8.34. The summed E-state index contributed by atoms with van der Waals surface area (Å²) in [5.41, 5.74) is 2.27. The zero-order chi connectivity index (χ0) is 14.9. The van der Waals surface area contributed by atoms with Gasteiger partial charge in [-0.2, -0.15) is 0 Å². The maximum Gasteiger partial charge on any atom is 0.167 e. The lowest BCUT2D eigenvalue weighted by Crippen LogP contribution is -2.39. The van der Waals surface area contributed by atoms with Crippen molar-refractivity contribution in [2.75, 3.05) is 20.3 Å². The van der Waals surface area contributed by atoms with Crippen molar-refractivity contribution in [3.8, 4) is 0 Å². The first-order valence-electron chi connectivity index (χ1n) is 6.79. The number of hydrogen-bond donors (Lipinski definition) is 2. The van der Waals surface area contributed by atoms with Crippen LogP contribution in [0.25, 0.3) is 0 Å². The molecule has 0 aliphatic carbocycles. The fourth-order valence-corrected chi connectivity index (χ4v) is 2.23. The molecule has 0 spiro atoms. The van der Waals surface area contributed by atoms with E-state index >= 15 is 0 Å². The van der Waals surface area contributed by atoms with Gasteiger partial charge in [0, 0.05) is 26.0 Å². The van der Waals surface area contributed by atoms with E-state index in [0.29, 0.717) is 18.3 Å². The lowest BCUT2D eigenvalue weighted by Gasteiger charge is -2.21. The van der Waals surface area contributed by atoms with Gasteiger partial charge in [0.1, 0.15) is 0 Å². The van der Waals surface area contributed by atoms with E-state index in [9.17, 15) is 0 Å². The van der Waals surface area contributed by atoms with E-state index in [0.717, 1.165) is 11.1 Å². The molecule has 0 saturated heterocycles. The number of methoxy groups -OCH3 is 1. The summed E-state index contributed by atoms with van der Waals surface area (Å²) >= 11 is 5.35. The Hall–Kier alpha value is -1.98. The van der Waals surface area contributed by atoms with Gasteiger partial charge in [0.2, 0.25) is 0 Å². The quantitative estimate of drug-likeness (QED) is 0.633. The number of rotatable bonds is 6. The van der Waals surface area contributed by atoms with Crippen molar-refractivity contribution >= 4 is 17.3 Å². The molecule has 0 unspecified atom stereocenters. The minimum atomic E-state index is -0.00301. The Balaban J connectivity index is 2.12. The largest absolute Gasteiger partial charge is 0.383 e. The molecule has 0 aliphatic rings. The molecule has 1 atom stereocenters. The van der Waals surface area contributed by atoms with Gasteiger partial charge in [-0.15, -0.1) is 0 Å². The number of ether oxygens (including phenoxy) is 1. The smallest absolute Gasteiger partial charge is 0.167 e. The molecular weight excluding hydrogens is 282 g/mol. The van der Waals surface area contributed by atoms with E-state index in [2.05, 4.69) is 27.8 Å². The van der Waals surface area contributed by atoms with Crippen LogP contribution in [-0.2, 0) is 4.74 Å². The Labute approximate surface area is 130 Å². The normalized spacial score (nSPS) is 11.7. The van der Waals surface area contributed by atoms with Gasteiger partial charge in [-0.3, -0.25) is 4.98 Å². The molecule has 1 aromatic carbocycles. The van der Waals surface area contributed by atoms with Crippen LogP contribution in [0.1, 0.15) is 17.2 Å². The standard InChI is InChI=1S/C16H19N3OS/c1-20-12-11-18-16(21)19-15(13-5-3-2-4-6-13)14-7-9-17-10-8-14/h2-10,15H,11-12H2,1H3,(H2,18,19,21)/t15-/m0/s1. The van der Waals surface area contributed by atoms with Gasteiger partial charge in [0.25, 0.3) is 0 Å². The van der Waals surface area contributed by atoms with E-state index in [4.69, 9.17) is 17.0 Å². The summed E-state index contributed by atoms with van der Waals surface area (Å²) in [4.78, 5) is 4.07. The molecule has 1 aromatic heterocycles. The van der Waals surface area contributed by atoms with E-state index in [1.165, 1.54) is 0 Å². The minimum Gasteiger partial charge on any atom is -0.383 e. The third-order valence-corrected chi connectivity index (χ3v) is 3.30. The molecule has 110 valence electrons. The van der Waals surface area contributed by atoms with Crippen molar-refractivity contribution in [1.29, 1.82) is 0 Å². The number of thiocarbonyl (C=S) groups is 1. The minimum absolute atomic E-state index is 0.00301. The first kappa shape index (κ1) is 15.4. The van der Waals surface area contributed by atoms with Gasteiger partial charge in [-0.05, 0) is 35.5 Å². The van der Waals surface area contributed by atoms with Gasteiger partial charge in [-0.1, -0.05) is 30.3 Å². The number of nitrogens with zero attached hydrogens (tertiary/aromatic N) is 1. The SMILES string of the molecule is COCCNC(=S)N[C@@H](c1ccccc1)c1ccncc1. The Bertz CT molecular complexity index is 508. The Morgan fingerprint density at radius 3 is 2.48 bits per heavy atom. The van der Waals surface area contributed by atoms with Crippen LogP contribution in [0.15, 0.2) is 54.9 Å². The number of pyridine rings is 1. The van der Waals surface area contributed by atoms with E-state index in [-0.39, 0.29) is 6.04 Å². The Kier molecular flexibility index (Phi) is 6.12. The van der Waals surface area contributed by atoms with Crippen LogP contribution in [-0.4, -0.2) is 30.4 Å². The molecule has 4 nitrogen and oxygen atoms in total. The van der Waals surface area contributed by atoms with Gasteiger partial charge < -0.3 is 15.4 Å². The number of benzene rings is 1. The second-order valence-electron chi connectivity index (χ2n) is 4.52. The molecule has 0 amide bonds. The molecule has 0 bridgehead atoms. The van der Waals surface area contributed by atoms with Gasteiger partial charge in [-0.25, -0.2) is 0 Å². The molecule has 21 heavy (non-hydrogen) atoms. The maximum atomic E-state index is 5.35. The first-order chi connectivity index (χ1) is 10.3. The number of hydrogen-bond acceptors (Lipinski definition) is 3. The molecule has 0 radical (unpaired) electrons. The third-order valence-electron chi connectivity index (χ3n) is 3.04.